The van der Waals surface area contributed by atoms with Crippen LogP contribution in [0.3, 0.4) is 0 Å². The van der Waals surface area contributed by atoms with Crippen LogP contribution >= 0.6 is 11.3 Å². The summed E-state index contributed by atoms with van der Waals surface area (Å²) in [6, 6.07) is 21.8. The lowest BCUT2D eigenvalue weighted by Gasteiger charge is -2.37. The first kappa shape index (κ1) is 23.9. The summed E-state index contributed by atoms with van der Waals surface area (Å²) in [5.74, 6) is -0.206. The highest BCUT2D eigenvalue weighted by atomic mass is 32.1. The fourth-order valence-corrected chi connectivity index (χ4v) is 5.24. The molecule has 0 N–H and O–H groups in total. The van der Waals surface area contributed by atoms with Crippen molar-refractivity contribution in [3.63, 3.8) is 0 Å². The van der Waals surface area contributed by atoms with Crippen molar-refractivity contribution in [2.75, 3.05) is 33.4 Å². The number of nitrogens with zero attached hydrogens (tertiary/aromatic N) is 2. The van der Waals surface area contributed by atoms with Crippen LogP contribution in [0, 0.1) is 0 Å². The highest BCUT2D eigenvalue weighted by molar-refractivity contribution is 7.10. The van der Waals surface area contributed by atoms with Crippen LogP contribution in [0.1, 0.15) is 34.0 Å². The molecule has 2 heterocycles. The number of amides is 2. The fourth-order valence-electron chi connectivity index (χ4n) is 4.34. The minimum Gasteiger partial charge on any atom is -0.385 e. The first-order valence-electron chi connectivity index (χ1n) is 11.6. The zero-order valence-electron chi connectivity index (χ0n) is 19.4. The van der Waals surface area contributed by atoms with E-state index in [2.05, 4.69) is 23.6 Å². The highest BCUT2D eigenvalue weighted by Gasteiger charge is 2.33. The number of methoxy groups -OCH3 is 1. The first-order chi connectivity index (χ1) is 16.7. The van der Waals surface area contributed by atoms with Crippen molar-refractivity contribution in [2.24, 2.45) is 0 Å². The van der Waals surface area contributed by atoms with E-state index >= 15 is 0 Å². The van der Waals surface area contributed by atoms with Gasteiger partial charge in [0.25, 0.3) is 0 Å². The second-order valence-electron chi connectivity index (χ2n) is 8.30. The predicted molar refractivity (Wildman–Crippen MR) is 137 cm³/mol. The van der Waals surface area contributed by atoms with Crippen molar-refractivity contribution >= 4 is 29.2 Å². The Morgan fingerprint density at radius 2 is 1.82 bits per heavy atom. The average Bonchev–Trinajstić information content (AvgIpc) is 3.36. The van der Waals surface area contributed by atoms with Gasteiger partial charge in [-0.1, -0.05) is 60.7 Å². The van der Waals surface area contributed by atoms with E-state index in [1.54, 1.807) is 35.5 Å². The summed E-state index contributed by atoms with van der Waals surface area (Å²) >= 11 is 1.75. The predicted octanol–water partition coefficient (Wildman–Crippen LogP) is 4.80. The van der Waals surface area contributed by atoms with Gasteiger partial charge in [-0.15, -0.1) is 11.3 Å². The van der Waals surface area contributed by atoms with Gasteiger partial charge in [0.05, 0.1) is 6.04 Å². The minimum absolute atomic E-state index is 0.0374. The SMILES string of the molecule is COCCCN(CC(=O)N1CCc2sccc2C1c1ccccc1)C(=O)/C=C/c1ccccc1. The van der Waals surface area contributed by atoms with Gasteiger partial charge in [-0.25, -0.2) is 0 Å². The fraction of sp³-hybridized carbons (Fsp3) is 0.286. The molecule has 1 aliphatic rings. The van der Waals surface area contributed by atoms with E-state index in [4.69, 9.17) is 4.74 Å². The van der Waals surface area contributed by atoms with Crippen LogP contribution in [0.25, 0.3) is 6.08 Å². The van der Waals surface area contributed by atoms with Crippen LogP contribution in [0.15, 0.2) is 78.2 Å². The maximum Gasteiger partial charge on any atom is 0.247 e. The van der Waals surface area contributed by atoms with Gasteiger partial charge in [-0.3, -0.25) is 9.59 Å². The molecule has 1 aromatic heterocycles. The van der Waals surface area contributed by atoms with Gasteiger partial charge < -0.3 is 14.5 Å². The van der Waals surface area contributed by atoms with Crippen molar-refractivity contribution in [3.8, 4) is 0 Å². The van der Waals surface area contributed by atoms with Gasteiger partial charge in [-0.05, 0) is 47.1 Å². The van der Waals surface area contributed by atoms with Crippen molar-refractivity contribution < 1.29 is 14.3 Å². The number of fused-ring (bicyclic) bond motifs is 1. The third kappa shape index (κ3) is 5.82. The molecule has 5 nitrogen and oxygen atoms in total. The van der Waals surface area contributed by atoms with Gasteiger partial charge in [0.15, 0.2) is 0 Å². The van der Waals surface area contributed by atoms with Crippen LogP contribution in [0.5, 0.6) is 0 Å². The standard InChI is InChI=1S/C28H30N2O3S/c1-33-19-8-17-29(26(31)14-13-22-9-4-2-5-10-22)21-27(32)30-18-15-25-24(16-20-34-25)28(30)23-11-6-3-7-12-23/h2-7,9-14,16,20,28H,8,15,17-19,21H2,1H3/b14-13+. The average molecular weight is 475 g/mol. The number of hydrogen-bond donors (Lipinski definition) is 0. The first-order valence-corrected chi connectivity index (χ1v) is 12.5. The Morgan fingerprint density at radius 1 is 1.09 bits per heavy atom. The molecule has 6 heteroatoms. The van der Waals surface area contributed by atoms with Crippen LogP contribution in [0.4, 0.5) is 0 Å². The molecule has 1 unspecified atom stereocenters. The Kier molecular flexibility index (Phi) is 8.28. The van der Waals surface area contributed by atoms with Crippen molar-refractivity contribution in [2.45, 2.75) is 18.9 Å². The lowest BCUT2D eigenvalue weighted by atomic mass is 9.93. The summed E-state index contributed by atoms with van der Waals surface area (Å²) in [5, 5.41) is 2.10. The number of carbonyl (C=O) groups excluding carboxylic acids is 2. The maximum absolute atomic E-state index is 13.6. The molecule has 0 spiro atoms. The number of benzene rings is 2. The number of rotatable bonds is 9. The molecule has 0 bridgehead atoms. The Labute approximate surface area is 205 Å². The summed E-state index contributed by atoms with van der Waals surface area (Å²) in [7, 11) is 1.64. The maximum atomic E-state index is 13.6. The van der Waals surface area contributed by atoms with E-state index in [9.17, 15) is 9.59 Å². The van der Waals surface area contributed by atoms with E-state index in [1.807, 2.05) is 53.4 Å². The van der Waals surface area contributed by atoms with Gasteiger partial charge in [0, 0.05) is 37.8 Å². The number of ether oxygens (including phenoxy) is 1. The molecule has 1 atom stereocenters. The third-order valence-electron chi connectivity index (χ3n) is 6.03. The van der Waals surface area contributed by atoms with Crippen molar-refractivity contribution in [3.05, 3.63) is 99.8 Å². The molecular formula is C28H30N2O3S. The Balaban J connectivity index is 1.53. The quantitative estimate of drug-likeness (QED) is 0.331. The van der Waals surface area contributed by atoms with E-state index in [0.29, 0.717) is 26.1 Å². The molecule has 176 valence electrons. The van der Waals surface area contributed by atoms with Crippen LogP contribution < -0.4 is 0 Å². The zero-order chi connectivity index (χ0) is 23.8. The summed E-state index contributed by atoms with van der Waals surface area (Å²) in [4.78, 5) is 31.6. The van der Waals surface area contributed by atoms with E-state index < -0.39 is 0 Å². The van der Waals surface area contributed by atoms with Gasteiger partial charge in [0.1, 0.15) is 6.54 Å². The van der Waals surface area contributed by atoms with E-state index in [1.165, 1.54) is 10.4 Å². The van der Waals surface area contributed by atoms with E-state index in [-0.39, 0.29) is 24.4 Å². The van der Waals surface area contributed by atoms with Crippen LogP contribution in [0.2, 0.25) is 0 Å². The molecule has 0 radical (unpaired) electrons. The monoisotopic (exact) mass is 474 g/mol. The number of thiophene rings is 1. The molecule has 4 rings (SSSR count). The highest BCUT2D eigenvalue weighted by Crippen LogP contribution is 2.37. The molecule has 1 aliphatic heterocycles. The van der Waals surface area contributed by atoms with Crippen LogP contribution in [-0.4, -0.2) is 55.0 Å². The van der Waals surface area contributed by atoms with Crippen molar-refractivity contribution in [1.29, 1.82) is 0 Å². The summed E-state index contributed by atoms with van der Waals surface area (Å²) in [6.07, 6.45) is 4.86. The van der Waals surface area contributed by atoms with Crippen molar-refractivity contribution in [1.82, 2.24) is 9.80 Å². The largest absolute Gasteiger partial charge is 0.385 e. The molecule has 0 fully saturated rings. The molecule has 2 amide bonds. The lowest BCUT2D eigenvalue weighted by Crippen LogP contribution is -2.46. The van der Waals surface area contributed by atoms with Crippen LogP contribution in [-0.2, 0) is 20.7 Å². The summed E-state index contributed by atoms with van der Waals surface area (Å²) in [5.41, 5.74) is 3.23. The number of carbonyl (C=O) groups is 2. The van der Waals surface area contributed by atoms with Gasteiger partial charge in [0.2, 0.25) is 11.8 Å². The summed E-state index contributed by atoms with van der Waals surface area (Å²) in [6.45, 7) is 1.69. The van der Waals surface area contributed by atoms with Gasteiger partial charge >= 0.3 is 0 Å². The molecule has 0 saturated carbocycles. The lowest BCUT2D eigenvalue weighted by molar-refractivity contribution is -0.139. The molecule has 34 heavy (non-hydrogen) atoms. The third-order valence-corrected chi connectivity index (χ3v) is 7.03. The molecule has 2 aromatic carbocycles. The van der Waals surface area contributed by atoms with E-state index in [0.717, 1.165) is 17.5 Å². The topological polar surface area (TPSA) is 49.9 Å². The van der Waals surface area contributed by atoms with Gasteiger partial charge in [-0.2, -0.15) is 0 Å². The normalized spacial score (nSPS) is 15.3. The smallest absolute Gasteiger partial charge is 0.247 e. The Morgan fingerprint density at radius 3 is 2.56 bits per heavy atom. The zero-order valence-corrected chi connectivity index (χ0v) is 20.2. The molecular weight excluding hydrogens is 444 g/mol. The summed E-state index contributed by atoms with van der Waals surface area (Å²) < 4.78 is 5.18. The molecule has 0 aliphatic carbocycles. The molecule has 3 aromatic rings. The Bertz CT molecular complexity index is 1110. The second-order valence-corrected chi connectivity index (χ2v) is 9.30. The minimum atomic E-state index is -0.169. The second kappa shape index (κ2) is 11.8. The Hall–Kier alpha value is -3.22. The molecule has 0 saturated heterocycles. The number of hydrogen-bond acceptors (Lipinski definition) is 4.